The van der Waals surface area contributed by atoms with E-state index in [0.29, 0.717) is 47.1 Å². The Morgan fingerprint density at radius 3 is 2.49 bits per heavy atom. The highest BCUT2D eigenvalue weighted by molar-refractivity contribution is 6.25. The minimum atomic E-state index is -2.86. The van der Waals surface area contributed by atoms with Crippen molar-refractivity contribution >= 4 is 57.8 Å². The van der Waals surface area contributed by atoms with Crippen molar-refractivity contribution in [1.82, 2.24) is 34.9 Å². The summed E-state index contributed by atoms with van der Waals surface area (Å²) in [5.74, 6) is -0.877. The molecule has 4 saturated heterocycles. The molecular formula is C47H52F2N10O6. The molecule has 340 valence electrons. The zero-order valence-corrected chi connectivity index (χ0v) is 36.0. The number of aromatic nitrogens is 4. The monoisotopic (exact) mass is 890 g/mol. The molecule has 18 heteroatoms. The van der Waals surface area contributed by atoms with Crippen molar-refractivity contribution in [3.63, 3.8) is 0 Å². The van der Waals surface area contributed by atoms with E-state index in [-0.39, 0.29) is 53.4 Å². The first-order valence-electron chi connectivity index (χ1n) is 23.1. The summed E-state index contributed by atoms with van der Waals surface area (Å²) in [4.78, 5) is 79.7. The SMILES string of the molecule is O=C1CCC(N2C(=O)c3cccc(NCC4CC5(CCN(C[C@H]6CC[C@H](n7cc(NC(=O)c8ccnc9ccc(N%10C[C@H]%11C[C@@H]%10CO%11)nc89)c(C(F)F)n7)CC6)CC5)C4)c3C2=O)C(=O)N1. The summed E-state index contributed by atoms with van der Waals surface area (Å²) in [6.07, 6.45) is 9.58. The number of rotatable bonds is 11. The molecule has 7 aliphatic rings. The van der Waals surface area contributed by atoms with Gasteiger partial charge in [-0.1, -0.05) is 6.07 Å². The lowest BCUT2D eigenvalue weighted by atomic mass is 9.57. The molecule has 0 radical (unpaired) electrons. The van der Waals surface area contributed by atoms with Gasteiger partial charge in [0.05, 0.1) is 52.7 Å². The van der Waals surface area contributed by atoms with Crippen LogP contribution in [0.3, 0.4) is 0 Å². The second-order valence-corrected chi connectivity index (χ2v) is 19.4. The number of carbonyl (C=O) groups excluding carboxylic acids is 5. The molecule has 1 aromatic carbocycles. The number of carbonyl (C=O) groups is 5. The number of imide groups is 2. The molecule has 5 amide bonds. The smallest absolute Gasteiger partial charge is 0.284 e. The van der Waals surface area contributed by atoms with Crippen LogP contribution in [-0.2, 0) is 14.3 Å². The number of likely N-dealkylation sites (tertiary alicyclic amines) is 1. The van der Waals surface area contributed by atoms with Crippen molar-refractivity contribution < 1.29 is 37.5 Å². The van der Waals surface area contributed by atoms with Gasteiger partial charge in [-0.25, -0.2) is 13.8 Å². The molecule has 2 bridgehead atoms. The normalized spacial score (nSPS) is 26.6. The predicted molar refractivity (Wildman–Crippen MR) is 234 cm³/mol. The van der Waals surface area contributed by atoms with Crippen molar-refractivity contribution in [2.45, 2.75) is 101 Å². The number of nitrogens with zero attached hydrogens (tertiary/aromatic N) is 7. The van der Waals surface area contributed by atoms with Crippen molar-refractivity contribution in [2.75, 3.05) is 54.9 Å². The van der Waals surface area contributed by atoms with Gasteiger partial charge in [-0.2, -0.15) is 5.10 Å². The van der Waals surface area contributed by atoms with Crippen LogP contribution < -0.4 is 20.9 Å². The molecule has 4 aromatic rings. The van der Waals surface area contributed by atoms with Gasteiger partial charge in [0.15, 0.2) is 5.69 Å². The third kappa shape index (κ3) is 7.71. The number of pyridine rings is 2. The van der Waals surface area contributed by atoms with E-state index >= 15 is 0 Å². The maximum atomic E-state index is 14.4. The molecule has 2 aliphatic carbocycles. The highest BCUT2D eigenvalue weighted by Gasteiger charge is 2.48. The summed E-state index contributed by atoms with van der Waals surface area (Å²) in [5.41, 5.74) is 2.26. The van der Waals surface area contributed by atoms with E-state index in [9.17, 15) is 32.8 Å². The van der Waals surface area contributed by atoms with Crippen molar-refractivity contribution in [1.29, 1.82) is 0 Å². The van der Waals surface area contributed by atoms with Crippen molar-refractivity contribution in [3.05, 3.63) is 71.2 Å². The Morgan fingerprint density at radius 1 is 0.938 bits per heavy atom. The van der Waals surface area contributed by atoms with Gasteiger partial charge < -0.3 is 25.2 Å². The number of halogens is 2. The molecule has 65 heavy (non-hydrogen) atoms. The van der Waals surface area contributed by atoms with Crippen molar-refractivity contribution in [3.8, 4) is 0 Å². The van der Waals surface area contributed by atoms with E-state index in [4.69, 9.17) is 9.72 Å². The Bertz CT molecular complexity index is 2580. The third-order valence-corrected chi connectivity index (χ3v) is 15.3. The molecular weight excluding hydrogens is 839 g/mol. The number of hydrogen-bond acceptors (Lipinski definition) is 12. The van der Waals surface area contributed by atoms with Gasteiger partial charge >= 0.3 is 0 Å². The summed E-state index contributed by atoms with van der Waals surface area (Å²) in [6.45, 7) is 5.16. The van der Waals surface area contributed by atoms with Gasteiger partial charge in [-0.05, 0) is 125 Å². The number of alkyl halides is 2. The average Bonchev–Trinajstić information content (AvgIpc) is 4.10. The van der Waals surface area contributed by atoms with E-state index in [1.165, 1.54) is 6.20 Å². The summed E-state index contributed by atoms with van der Waals surface area (Å²) >= 11 is 0. The fourth-order valence-electron chi connectivity index (χ4n) is 11.9. The zero-order chi connectivity index (χ0) is 44.6. The Hall–Kier alpha value is -5.88. The molecule has 11 rings (SSSR count). The number of amides is 5. The molecule has 8 heterocycles. The number of piperidine rings is 2. The number of morpholine rings is 1. The number of anilines is 3. The quantitative estimate of drug-likeness (QED) is 0.156. The van der Waals surface area contributed by atoms with Crippen LogP contribution in [0.2, 0.25) is 0 Å². The molecule has 1 spiro atoms. The summed E-state index contributed by atoms with van der Waals surface area (Å²) in [6, 6.07) is 9.68. The first kappa shape index (κ1) is 41.8. The lowest BCUT2D eigenvalue weighted by Gasteiger charge is -2.53. The van der Waals surface area contributed by atoms with Gasteiger partial charge in [0.25, 0.3) is 24.1 Å². The first-order chi connectivity index (χ1) is 31.5. The van der Waals surface area contributed by atoms with Gasteiger partial charge in [0.2, 0.25) is 11.8 Å². The van der Waals surface area contributed by atoms with Crippen LogP contribution in [0, 0.1) is 17.3 Å². The predicted octanol–water partition coefficient (Wildman–Crippen LogP) is 5.73. The molecule has 1 unspecified atom stereocenters. The number of benzene rings is 1. The second-order valence-electron chi connectivity index (χ2n) is 19.4. The second kappa shape index (κ2) is 16.5. The van der Waals surface area contributed by atoms with E-state index in [2.05, 4.69) is 35.8 Å². The molecule has 16 nitrogen and oxygen atoms in total. The van der Waals surface area contributed by atoms with Gasteiger partial charge in [0, 0.05) is 44.1 Å². The Morgan fingerprint density at radius 2 is 1.75 bits per heavy atom. The number of ether oxygens (including phenoxy) is 1. The standard InChI is InChI=1S/C47H52F2N10O6/c48-42(49)41-35(52-43(61)32-12-15-50-34-8-10-37(53-40(32)34)57-23-30-18-29(57)25-65-30)24-58(55-41)28-6-4-26(5-7-28)22-56-16-13-47(14-17-56)19-27(20-47)21-51-33-3-1-2-31-39(33)46(64)59(45(31)63)36-9-11-38(60)54-44(36)62/h1-3,8,10,12,15,24,26-30,36,42,51H,4-7,9,11,13-14,16-23,25H2,(H,52,61)(H,54,60,62)/t26-,28-,29-,30-,36?/m1/s1. The zero-order valence-electron chi connectivity index (χ0n) is 36.0. The number of hydrogen-bond donors (Lipinski definition) is 3. The minimum absolute atomic E-state index is 0.00652. The van der Waals surface area contributed by atoms with Gasteiger partial charge in [-0.3, -0.25) is 43.9 Å². The highest BCUT2D eigenvalue weighted by atomic mass is 19.3. The molecule has 3 atom stereocenters. The first-order valence-corrected chi connectivity index (χ1v) is 23.1. The van der Waals surface area contributed by atoms with Crippen LogP contribution in [0.15, 0.2) is 48.8 Å². The Kier molecular flexibility index (Phi) is 10.6. The number of nitrogens with one attached hydrogen (secondary N) is 3. The van der Waals surface area contributed by atoms with Crippen LogP contribution >= 0.6 is 0 Å². The molecule has 5 aliphatic heterocycles. The Balaban J connectivity index is 0.651. The van der Waals surface area contributed by atoms with E-state index in [1.54, 1.807) is 35.1 Å². The van der Waals surface area contributed by atoms with E-state index in [1.807, 2.05) is 12.1 Å². The molecule has 6 fully saturated rings. The summed E-state index contributed by atoms with van der Waals surface area (Å²) < 4.78 is 36.2. The van der Waals surface area contributed by atoms with Gasteiger partial charge in [0.1, 0.15) is 17.4 Å². The highest BCUT2D eigenvalue weighted by Crippen LogP contribution is 2.53. The van der Waals surface area contributed by atoms with Crippen LogP contribution in [0.4, 0.5) is 26.0 Å². The fraction of sp³-hybridized carbons (Fsp3) is 0.532. The van der Waals surface area contributed by atoms with Gasteiger partial charge in [-0.15, -0.1) is 0 Å². The van der Waals surface area contributed by atoms with E-state index < -0.39 is 47.7 Å². The average molecular weight is 891 g/mol. The minimum Gasteiger partial charge on any atom is -0.384 e. The summed E-state index contributed by atoms with van der Waals surface area (Å²) in [7, 11) is 0. The van der Waals surface area contributed by atoms with Crippen molar-refractivity contribution in [2.24, 2.45) is 17.3 Å². The lowest BCUT2D eigenvalue weighted by Crippen LogP contribution is -2.54. The number of fused-ring (bicyclic) bond motifs is 4. The largest absolute Gasteiger partial charge is 0.384 e. The topological polar surface area (TPSA) is 184 Å². The van der Waals surface area contributed by atoms with Crippen LogP contribution in [0.5, 0.6) is 0 Å². The maximum absolute atomic E-state index is 14.4. The van der Waals surface area contributed by atoms with Crippen LogP contribution in [-0.4, -0.2) is 117 Å². The Labute approximate surface area is 373 Å². The summed E-state index contributed by atoms with van der Waals surface area (Å²) in [5, 5.41) is 12.8. The molecule has 3 N–H and O–H groups in total. The third-order valence-electron chi connectivity index (χ3n) is 15.3. The molecule has 2 saturated carbocycles. The maximum Gasteiger partial charge on any atom is 0.284 e. The van der Waals surface area contributed by atoms with Crippen LogP contribution in [0.1, 0.15) is 120 Å². The molecule has 3 aromatic heterocycles. The van der Waals surface area contributed by atoms with E-state index in [0.717, 1.165) is 94.7 Å². The van der Waals surface area contributed by atoms with Crippen LogP contribution in [0.25, 0.3) is 11.0 Å². The lowest BCUT2D eigenvalue weighted by molar-refractivity contribution is -0.136. The fourth-order valence-corrected chi connectivity index (χ4v) is 11.9.